The molecular formula is C20H23F2N7O2S. The molecule has 1 amide bonds. The second kappa shape index (κ2) is 10.2. The Morgan fingerprint density at radius 3 is 2.66 bits per heavy atom. The van der Waals surface area contributed by atoms with Gasteiger partial charge in [-0.1, -0.05) is 6.07 Å². The molecule has 9 nitrogen and oxygen atoms in total. The number of hydrazine groups is 1. The van der Waals surface area contributed by atoms with Gasteiger partial charge < -0.3 is 20.7 Å². The highest BCUT2D eigenvalue weighted by Crippen LogP contribution is 2.30. The van der Waals surface area contributed by atoms with E-state index in [2.05, 4.69) is 10.3 Å². The topological polar surface area (TPSA) is 113 Å². The van der Waals surface area contributed by atoms with Crippen LogP contribution in [0.2, 0.25) is 0 Å². The molecule has 0 saturated carbocycles. The molecule has 0 bridgehead atoms. The molecule has 2 heterocycles. The number of carbonyl (C=O) groups is 1. The Morgan fingerprint density at radius 1 is 1.34 bits per heavy atom. The van der Waals surface area contributed by atoms with E-state index in [4.69, 9.17) is 28.5 Å². The van der Waals surface area contributed by atoms with Crippen molar-refractivity contribution in [1.29, 1.82) is 0 Å². The molecule has 0 atom stereocenters. The van der Waals surface area contributed by atoms with Crippen LogP contribution in [0.5, 0.6) is 0 Å². The number of nitrogens with one attached hydrogen (secondary N) is 1. The van der Waals surface area contributed by atoms with Crippen LogP contribution in [0.3, 0.4) is 0 Å². The van der Waals surface area contributed by atoms with Crippen LogP contribution in [-0.4, -0.2) is 49.4 Å². The molecule has 2 aromatic rings. The number of ether oxygens (including phenoxy) is 1. The van der Waals surface area contributed by atoms with E-state index in [1.54, 1.807) is 24.4 Å². The third kappa shape index (κ3) is 5.39. The van der Waals surface area contributed by atoms with Crippen LogP contribution in [0.1, 0.15) is 0 Å². The summed E-state index contributed by atoms with van der Waals surface area (Å²) >= 11 is 4.84. The van der Waals surface area contributed by atoms with E-state index >= 15 is 0 Å². The second-order valence-electron chi connectivity index (χ2n) is 6.87. The molecule has 0 unspecified atom stereocenters. The summed E-state index contributed by atoms with van der Waals surface area (Å²) in [5.41, 5.74) is 5.84. The van der Waals surface area contributed by atoms with Crippen molar-refractivity contribution in [3.8, 4) is 0 Å². The van der Waals surface area contributed by atoms with Gasteiger partial charge in [0.2, 0.25) is 5.91 Å². The van der Waals surface area contributed by atoms with Crippen molar-refractivity contribution in [3.05, 3.63) is 60.1 Å². The van der Waals surface area contributed by atoms with Gasteiger partial charge in [0.25, 0.3) is 5.17 Å². The maximum absolute atomic E-state index is 14.8. The number of nitrogens with zero attached hydrogens (tertiary/aromatic N) is 4. The first kappa shape index (κ1) is 23.2. The number of anilines is 3. The number of halogens is 2. The first-order chi connectivity index (χ1) is 15.3. The predicted molar refractivity (Wildman–Crippen MR) is 122 cm³/mol. The lowest BCUT2D eigenvalue weighted by atomic mass is 10.2. The van der Waals surface area contributed by atoms with Gasteiger partial charge in [0, 0.05) is 43.3 Å². The summed E-state index contributed by atoms with van der Waals surface area (Å²) in [6.07, 6.45) is 2.88. The Bertz CT molecular complexity index is 999. The quantitative estimate of drug-likeness (QED) is 0.331. The minimum atomic E-state index is -0.847. The molecule has 1 aliphatic heterocycles. The van der Waals surface area contributed by atoms with E-state index in [0.29, 0.717) is 5.82 Å². The third-order valence-electron chi connectivity index (χ3n) is 4.69. The van der Waals surface area contributed by atoms with Gasteiger partial charge in [0.15, 0.2) is 11.6 Å². The minimum absolute atomic E-state index is 0.0412. The van der Waals surface area contributed by atoms with Crippen molar-refractivity contribution in [1.82, 2.24) is 10.3 Å². The number of carbonyl (C=O) groups excluding carboxylic acids is 1. The van der Waals surface area contributed by atoms with Crippen LogP contribution >= 0.6 is 12.2 Å². The average molecular weight is 464 g/mol. The average Bonchev–Trinajstić information content (AvgIpc) is 2.77. The van der Waals surface area contributed by atoms with Gasteiger partial charge in [-0.25, -0.2) is 19.6 Å². The summed E-state index contributed by atoms with van der Waals surface area (Å²) in [6.45, 7) is 0.426. The number of piperazine rings is 1. The van der Waals surface area contributed by atoms with Crippen molar-refractivity contribution in [2.75, 3.05) is 48.1 Å². The number of amides is 1. The lowest BCUT2D eigenvalue weighted by Crippen LogP contribution is -2.51. The zero-order chi connectivity index (χ0) is 23.3. The first-order valence-corrected chi connectivity index (χ1v) is 9.98. The number of benzene rings is 1. The van der Waals surface area contributed by atoms with Crippen LogP contribution < -0.4 is 31.7 Å². The number of hydrogen-bond donors (Lipinski definition) is 3. The molecule has 1 aromatic carbocycles. The second-order valence-corrected chi connectivity index (χ2v) is 7.24. The van der Waals surface area contributed by atoms with Gasteiger partial charge in [-0.3, -0.25) is 14.7 Å². The minimum Gasteiger partial charge on any atom is -0.474 e. The summed E-state index contributed by atoms with van der Waals surface area (Å²) in [5.74, 6) is 4.37. The van der Waals surface area contributed by atoms with Crippen molar-refractivity contribution < 1.29 is 18.3 Å². The van der Waals surface area contributed by atoms with Gasteiger partial charge in [-0.05, 0) is 24.4 Å². The van der Waals surface area contributed by atoms with Crippen LogP contribution in [0.25, 0.3) is 0 Å². The van der Waals surface area contributed by atoms with E-state index in [1.165, 1.54) is 23.1 Å². The number of rotatable bonds is 6. The van der Waals surface area contributed by atoms with Gasteiger partial charge in [-0.2, -0.15) is 0 Å². The summed E-state index contributed by atoms with van der Waals surface area (Å²) in [6, 6.07) is 7.36. The molecule has 5 N–H and O–H groups in total. The monoisotopic (exact) mass is 463 g/mol. The summed E-state index contributed by atoms with van der Waals surface area (Å²) in [5, 5.41) is 3.86. The van der Waals surface area contributed by atoms with Crippen molar-refractivity contribution in [3.63, 3.8) is 0 Å². The molecule has 170 valence electrons. The van der Waals surface area contributed by atoms with E-state index in [-0.39, 0.29) is 54.3 Å². The normalized spacial score (nSPS) is 14.4. The Labute approximate surface area is 189 Å². The molecule has 1 fully saturated rings. The Kier molecular flexibility index (Phi) is 7.38. The Hall–Kier alpha value is -3.51. The van der Waals surface area contributed by atoms with E-state index in [0.717, 1.165) is 17.1 Å². The lowest BCUT2D eigenvalue weighted by molar-refractivity contribution is -0.118. The van der Waals surface area contributed by atoms with Gasteiger partial charge in [0.1, 0.15) is 11.5 Å². The van der Waals surface area contributed by atoms with Gasteiger partial charge in [0.05, 0.1) is 25.9 Å². The lowest BCUT2D eigenvalue weighted by Gasteiger charge is -2.35. The zero-order valence-electron chi connectivity index (χ0n) is 17.3. The summed E-state index contributed by atoms with van der Waals surface area (Å²) in [4.78, 5) is 19.6. The molecular weight excluding hydrogens is 440 g/mol. The zero-order valence-corrected chi connectivity index (χ0v) is 18.1. The van der Waals surface area contributed by atoms with Gasteiger partial charge in [-0.15, -0.1) is 0 Å². The smallest absolute Gasteiger partial charge is 0.256 e. The molecule has 1 aliphatic rings. The molecule has 3 rings (SSSR count). The van der Waals surface area contributed by atoms with Crippen LogP contribution in [0.4, 0.5) is 26.0 Å². The number of hydrogen-bond acceptors (Lipinski definition) is 8. The van der Waals surface area contributed by atoms with Crippen molar-refractivity contribution in [2.24, 2.45) is 11.6 Å². The molecule has 0 spiro atoms. The predicted octanol–water partition coefficient (Wildman–Crippen LogP) is 1.21. The van der Waals surface area contributed by atoms with Gasteiger partial charge >= 0.3 is 0 Å². The van der Waals surface area contributed by atoms with Crippen LogP contribution in [0.15, 0.2) is 48.4 Å². The fourth-order valence-electron chi connectivity index (χ4n) is 3.17. The van der Waals surface area contributed by atoms with E-state index in [9.17, 15) is 13.6 Å². The van der Waals surface area contributed by atoms with Crippen LogP contribution in [-0.2, 0) is 9.53 Å². The molecule has 32 heavy (non-hydrogen) atoms. The van der Waals surface area contributed by atoms with E-state index in [1.807, 2.05) is 0 Å². The third-order valence-corrected chi connectivity index (χ3v) is 5.00. The Morgan fingerprint density at radius 2 is 2.06 bits per heavy atom. The van der Waals surface area contributed by atoms with Crippen molar-refractivity contribution >= 4 is 40.5 Å². The van der Waals surface area contributed by atoms with E-state index < -0.39 is 11.6 Å². The molecule has 0 aliphatic carbocycles. The number of thiocarbonyl (C=S) groups is 1. The fourth-order valence-corrected chi connectivity index (χ4v) is 3.24. The first-order valence-electron chi connectivity index (χ1n) is 9.57. The Balaban J connectivity index is 1.72. The molecule has 0 radical (unpaired) electrons. The summed E-state index contributed by atoms with van der Waals surface area (Å²) in [7, 11) is 1.41. The number of methoxy groups -OCH3 is 1. The SMILES string of the molecule is COC(=S)NC/C(N)=C/N(N)c1cc(F)c(N2CCN(c3ccccn3)C(=O)C2)c(F)c1. The number of aromatic nitrogens is 1. The molecule has 12 heteroatoms. The highest BCUT2D eigenvalue weighted by Gasteiger charge is 2.29. The van der Waals surface area contributed by atoms with Crippen LogP contribution in [0, 0.1) is 11.6 Å². The standard InChI is InChI=1S/C20H23F2N7O2S/c1-31-20(32)26-10-13(23)11-29(24)14-8-15(21)19(16(22)9-14)27-6-7-28(18(30)12-27)17-4-2-3-5-25-17/h2-5,8-9,11H,6-7,10,12,23-24H2,1H3,(H,26,32)/b13-11-. The fraction of sp³-hybridized carbons (Fsp3) is 0.250. The molecule has 1 saturated heterocycles. The highest BCUT2D eigenvalue weighted by atomic mass is 32.1. The highest BCUT2D eigenvalue weighted by molar-refractivity contribution is 7.80. The number of nitrogens with two attached hydrogens (primary N) is 2. The maximum Gasteiger partial charge on any atom is 0.256 e. The van der Waals surface area contributed by atoms with Crippen molar-refractivity contribution in [2.45, 2.75) is 0 Å². The molecule has 1 aromatic heterocycles. The maximum atomic E-state index is 14.8. The largest absolute Gasteiger partial charge is 0.474 e. The number of pyridine rings is 1. The summed E-state index contributed by atoms with van der Waals surface area (Å²) < 4.78 is 34.5.